The van der Waals surface area contributed by atoms with Crippen molar-refractivity contribution in [2.45, 2.75) is 33.1 Å². The van der Waals surface area contributed by atoms with Crippen molar-refractivity contribution in [3.63, 3.8) is 0 Å². The number of aromatic nitrogens is 2. The highest BCUT2D eigenvalue weighted by molar-refractivity contribution is 5.92. The van der Waals surface area contributed by atoms with Gasteiger partial charge in [-0.05, 0) is 38.8 Å². The maximum Gasteiger partial charge on any atom is 0.228 e. The second-order valence-electron chi connectivity index (χ2n) is 4.57. The van der Waals surface area contributed by atoms with Crippen LogP contribution in [0.25, 0.3) is 0 Å². The standard InChI is InChI=1S/C13H20N4O/c1-3-17(4-2)12-9-8-11(15-16-12)14-13(18)10-6-5-7-10/h8-10H,3-7H2,1-2H3,(H,14,15,18). The average Bonchev–Trinajstić information content (AvgIpc) is 2.30. The van der Waals surface area contributed by atoms with Crippen molar-refractivity contribution >= 4 is 17.5 Å². The Hall–Kier alpha value is -1.65. The van der Waals surface area contributed by atoms with E-state index < -0.39 is 0 Å². The third kappa shape index (κ3) is 2.78. The lowest BCUT2D eigenvalue weighted by molar-refractivity contribution is -0.122. The maximum atomic E-state index is 11.7. The molecule has 1 aliphatic rings. The number of carbonyl (C=O) groups is 1. The molecule has 1 amide bonds. The molecular formula is C13H20N4O. The van der Waals surface area contributed by atoms with Gasteiger partial charge in [0.15, 0.2) is 11.6 Å². The Balaban J connectivity index is 1.96. The van der Waals surface area contributed by atoms with E-state index >= 15 is 0 Å². The van der Waals surface area contributed by atoms with E-state index in [-0.39, 0.29) is 11.8 Å². The molecule has 0 spiro atoms. The van der Waals surface area contributed by atoms with Crippen LogP contribution in [0.2, 0.25) is 0 Å². The van der Waals surface area contributed by atoms with Gasteiger partial charge in [-0.25, -0.2) is 0 Å². The highest BCUT2D eigenvalue weighted by atomic mass is 16.2. The molecule has 5 heteroatoms. The van der Waals surface area contributed by atoms with Gasteiger partial charge in [-0.2, -0.15) is 0 Å². The van der Waals surface area contributed by atoms with Crippen LogP contribution >= 0.6 is 0 Å². The molecule has 0 saturated heterocycles. The summed E-state index contributed by atoms with van der Waals surface area (Å²) < 4.78 is 0. The molecule has 2 rings (SSSR count). The van der Waals surface area contributed by atoms with Gasteiger partial charge < -0.3 is 10.2 Å². The summed E-state index contributed by atoms with van der Waals surface area (Å²) in [5.41, 5.74) is 0. The molecule has 0 atom stereocenters. The van der Waals surface area contributed by atoms with Crippen molar-refractivity contribution in [1.29, 1.82) is 0 Å². The van der Waals surface area contributed by atoms with Crippen LogP contribution in [0.3, 0.4) is 0 Å². The third-order valence-electron chi connectivity index (χ3n) is 3.47. The summed E-state index contributed by atoms with van der Waals surface area (Å²) in [4.78, 5) is 13.9. The Morgan fingerprint density at radius 2 is 2.06 bits per heavy atom. The number of nitrogens with one attached hydrogen (secondary N) is 1. The van der Waals surface area contributed by atoms with Crippen molar-refractivity contribution < 1.29 is 4.79 Å². The molecule has 1 aliphatic carbocycles. The van der Waals surface area contributed by atoms with Crippen LogP contribution in [-0.2, 0) is 4.79 Å². The number of hydrogen-bond acceptors (Lipinski definition) is 4. The summed E-state index contributed by atoms with van der Waals surface area (Å²) in [6.45, 7) is 5.97. The highest BCUT2D eigenvalue weighted by Crippen LogP contribution is 2.27. The van der Waals surface area contributed by atoms with E-state index in [0.717, 1.165) is 38.2 Å². The summed E-state index contributed by atoms with van der Waals surface area (Å²) in [6, 6.07) is 3.72. The molecule has 98 valence electrons. The van der Waals surface area contributed by atoms with Gasteiger partial charge in [0, 0.05) is 19.0 Å². The maximum absolute atomic E-state index is 11.7. The van der Waals surface area contributed by atoms with Crippen molar-refractivity contribution in [2.75, 3.05) is 23.3 Å². The molecule has 1 aromatic heterocycles. The number of carbonyl (C=O) groups excluding carboxylic acids is 1. The third-order valence-corrected chi connectivity index (χ3v) is 3.47. The van der Waals surface area contributed by atoms with Gasteiger partial charge >= 0.3 is 0 Å². The summed E-state index contributed by atoms with van der Waals surface area (Å²) in [5.74, 6) is 1.64. The lowest BCUT2D eigenvalue weighted by Gasteiger charge is -2.23. The minimum absolute atomic E-state index is 0.0751. The molecule has 0 aromatic carbocycles. The number of hydrogen-bond donors (Lipinski definition) is 1. The van der Waals surface area contributed by atoms with Gasteiger partial charge in [0.1, 0.15) is 0 Å². The van der Waals surface area contributed by atoms with Gasteiger partial charge in [-0.15, -0.1) is 10.2 Å². The van der Waals surface area contributed by atoms with Crippen LogP contribution in [0.15, 0.2) is 12.1 Å². The summed E-state index contributed by atoms with van der Waals surface area (Å²) in [5, 5.41) is 11.0. The molecule has 0 unspecified atom stereocenters. The lowest BCUT2D eigenvalue weighted by atomic mass is 9.85. The fourth-order valence-corrected chi connectivity index (χ4v) is 2.01. The Bertz CT molecular complexity index is 396. The lowest BCUT2D eigenvalue weighted by Crippen LogP contribution is -2.28. The Labute approximate surface area is 108 Å². The van der Waals surface area contributed by atoms with Crippen molar-refractivity contribution in [2.24, 2.45) is 5.92 Å². The molecule has 1 aromatic rings. The Morgan fingerprint density at radius 3 is 2.50 bits per heavy atom. The number of nitrogens with zero attached hydrogens (tertiary/aromatic N) is 3. The zero-order chi connectivity index (χ0) is 13.0. The molecule has 1 fully saturated rings. The van der Waals surface area contributed by atoms with Crippen LogP contribution in [0.5, 0.6) is 0 Å². The Kier molecular flexibility index (Phi) is 4.12. The molecule has 0 aliphatic heterocycles. The fraction of sp³-hybridized carbons (Fsp3) is 0.615. The van der Waals surface area contributed by atoms with Crippen molar-refractivity contribution in [1.82, 2.24) is 10.2 Å². The van der Waals surface area contributed by atoms with Crippen LogP contribution in [0.1, 0.15) is 33.1 Å². The normalized spacial score (nSPS) is 15.0. The van der Waals surface area contributed by atoms with E-state index in [4.69, 9.17) is 0 Å². The quantitative estimate of drug-likeness (QED) is 0.866. The van der Waals surface area contributed by atoms with E-state index in [2.05, 4.69) is 34.3 Å². The van der Waals surface area contributed by atoms with Crippen molar-refractivity contribution in [3.05, 3.63) is 12.1 Å². The first-order chi connectivity index (χ1) is 8.74. The van der Waals surface area contributed by atoms with E-state index in [1.165, 1.54) is 0 Å². The number of anilines is 2. The summed E-state index contributed by atoms with van der Waals surface area (Å²) in [7, 11) is 0. The first-order valence-corrected chi connectivity index (χ1v) is 6.64. The van der Waals surface area contributed by atoms with Gasteiger partial charge in [-0.3, -0.25) is 4.79 Å². The van der Waals surface area contributed by atoms with Crippen LogP contribution in [0.4, 0.5) is 11.6 Å². The van der Waals surface area contributed by atoms with Gasteiger partial charge in [0.25, 0.3) is 0 Å². The monoisotopic (exact) mass is 248 g/mol. The average molecular weight is 248 g/mol. The molecule has 1 saturated carbocycles. The molecule has 18 heavy (non-hydrogen) atoms. The SMILES string of the molecule is CCN(CC)c1ccc(NC(=O)C2CCC2)nn1. The van der Waals surface area contributed by atoms with Crippen LogP contribution in [0, 0.1) is 5.92 Å². The highest BCUT2D eigenvalue weighted by Gasteiger charge is 2.25. The summed E-state index contributed by atoms with van der Waals surface area (Å²) in [6.07, 6.45) is 3.15. The zero-order valence-corrected chi connectivity index (χ0v) is 11.0. The van der Waals surface area contributed by atoms with E-state index in [0.29, 0.717) is 5.82 Å². The minimum atomic E-state index is 0.0751. The Morgan fingerprint density at radius 1 is 1.33 bits per heavy atom. The second-order valence-corrected chi connectivity index (χ2v) is 4.57. The van der Waals surface area contributed by atoms with Gasteiger partial charge in [0.2, 0.25) is 5.91 Å². The molecule has 5 nitrogen and oxygen atoms in total. The molecule has 1 N–H and O–H groups in total. The minimum Gasteiger partial charge on any atom is -0.356 e. The molecule has 0 bridgehead atoms. The molecule has 0 radical (unpaired) electrons. The topological polar surface area (TPSA) is 58.1 Å². The first-order valence-electron chi connectivity index (χ1n) is 6.64. The predicted molar refractivity (Wildman–Crippen MR) is 71.6 cm³/mol. The van der Waals surface area contributed by atoms with Gasteiger partial charge in [0.05, 0.1) is 0 Å². The van der Waals surface area contributed by atoms with Crippen molar-refractivity contribution in [3.8, 4) is 0 Å². The van der Waals surface area contributed by atoms with E-state index in [1.54, 1.807) is 0 Å². The van der Waals surface area contributed by atoms with E-state index in [1.807, 2.05) is 12.1 Å². The first kappa shape index (κ1) is 12.8. The molecular weight excluding hydrogens is 228 g/mol. The van der Waals surface area contributed by atoms with Gasteiger partial charge in [-0.1, -0.05) is 6.42 Å². The smallest absolute Gasteiger partial charge is 0.228 e. The van der Waals surface area contributed by atoms with Crippen LogP contribution in [-0.4, -0.2) is 29.2 Å². The zero-order valence-electron chi connectivity index (χ0n) is 11.0. The number of amides is 1. The predicted octanol–water partition coefficient (Wildman–Crippen LogP) is 2.06. The molecule has 1 heterocycles. The van der Waals surface area contributed by atoms with E-state index in [9.17, 15) is 4.79 Å². The summed E-state index contributed by atoms with van der Waals surface area (Å²) >= 11 is 0. The second kappa shape index (κ2) is 5.80. The fourth-order valence-electron chi connectivity index (χ4n) is 2.01. The number of rotatable bonds is 5. The van der Waals surface area contributed by atoms with Crippen LogP contribution < -0.4 is 10.2 Å². The largest absolute Gasteiger partial charge is 0.356 e.